The molecule has 1 atom stereocenters. The molecule has 0 radical (unpaired) electrons. The molecule has 0 heterocycles. The lowest BCUT2D eigenvalue weighted by Crippen LogP contribution is -2.48. The minimum atomic E-state index is -0.519. The predicted molar refractivity (Wildman–Crippen MR) is 129 cm³/mol. The third-order valence-electron chi connectivity index (χ3n) is 4.67. The summed E-state index contributed by atoms with van der Waals surface area (Å²) in [6.45, 7) is 6.94. The number of carbonyl (C=O) groups is 2. The van der Waals surface area contributed by atoms with E-state index in [1.54, 1.807) is 16.7 Å². The van der Waals surface area contributed by atoms with Gasteiger partial charge in [0.25, 0.3) is 0 Å². The number of hydrogen-bond acceptors (Lipinski definition) is 3. The van der Waals surface area contributed by atoms with Crippen molar-refractivity contribution in [1.29, 1.82) is 0 Å². The first kappa shape index (κ1) is 24.5. The Labute approximate surface area is 192 Å². The Kier molecular flexibility index (Phi) is 10.4. The zero-order valence-corrected chi connectivity index (χ0v) is 20.3. The summed E-state index contributed by atoms with van der Waals surface area (Å²) in [5, 5.41) is 2.96. The van der Waals surface area contributed by atoms with Crippen LogP contribution in [0.1, 0.15) is 38.3 Å². The van der Waals surface area contributed by atoms with Crippen LogP contribution in [0.25, 0.3) is 0 Å². The van der Waals surface area contributed by atoms with Gasteiger partial charge < -0.3 is 10.2 Å². The van der Waals surface area contributed by atoms with Gasteiger partial charge in [0.15, 0.2) is 0 Å². The van der Waals surface area contributed by atoms with E-state index in [4.69, 9.17) is 0 Å². The number of amides is 2. The van der Waals surface area contributed by atoms with Crippen LogP contribution in [0.4, 0.5) is 0 Å². The maximum atomic E-state index is 13.0. The first-order valence-electron chi connectivity index (χ1n) is 10.3. The van der Waals surface area contributed by atoms with Crippen molar-refractivity contribution >= 4 is 39.5 Å². The number of rotatable bonds is 11. The Balaban J connectivity index is 1.99. The van der Waals surface area contributed by atoms with Gasteiger partial charge in [0, 0.05) is 35.5 Å². The fourth-order valence-electron chi connectivity index (χ4n) is 2.93. The molecule has 2 amide bonds. The van der Waals surface area contributed by atoms with Crippen LogP contribution >= 0.6 is 27.7 Å². The van der Waals surface area contributed by atoms with E-state index >= 15 is 0 Å². The Morgan fingerprint density at radius 3 is 2.40 bits per heavy atom. The van der Waals surface area contributed by atoms with Crippen molar-refractivity contribution in [3.63, 3.8) is 0 Å². The number of benzene rings is 2. The SMILES string of the molecule is CC(C)CNC(=O)C(C)N(Cc1cccc(Br)c1)C(=O)CCSCc1ccccc1. The third-order valence-corrected chi connectivity index (χ3v) is 6.19. The van der Waals surface area contributed by atoms with E-state index in [1.165, 1.54) is 5.56 Å². The van der Waals surface area contributed by atoms with Gasteiger partial charge in [0.1, 0.15) is 6.04 Å². The highest BCUT2D eigenvalue weighted by Crippen LogP contribution is 2.18. The van der Waals surface area contributed by atoms with Crippen LogP contribution in [0.15, 0.2) is 59.1 Å². The van der Waals surface area contributed by atoms with Crippen molar-refractivity contribution < 1.29 is 9.59 Å². The summed E-state index contributed by atoms with van der Waals surface area (Å²) < 4.78 is 0.961. The molecule has 2 rings (SSSR count). The van der Waals surface area contributed by atoms with Crippen molar-refractivity contribution in [3.05, 3.63) is 70.2 Å². The molecule has 0 saturated carbocycles. The molecule has 30 heavy (non-hydrogen) atoms. The smallest absolute Gasteiger partial charge is 0.242 e. The molecule has 2 aromatic carbocycles. The fraction of sp³-hybridized carbons (Fsp3) is 0.417. The molecule has 2 aromatic rings. The van der Waals surface area contributed by atoms with Crippen molar-refractivity contribution in [3.8, 4) is 0 Å². The largest absolute Gasteiger partial charge is 0.354 e. The average Bonchev–Trinajstić information content (AvgIpc) is 2.73. The van der Waals surface area contributed by atoms with Crippen LogP contribution in [0.5, 0.6) is 0 Å². The van der Waals surface area contributed by atoms with E-state index in [0.29, 0.717) is 25.4 Å². The van der Waals surface area contributed by atoms with E-state index in [9.17, 15) is 9.59 Å². The molecule has 0 aliphatic rings. The highest BCUT2D eigenvalue weighted by atomic mass is 79.9. The molecule has 6 heteroatoms. The summed E-state index contributed by atoms with van der Waals surface area (Å²) in [7, 11) is 0. The molecule has 162 valence electrons. The number of nitrogens with zero attached hydrogens (tertiary/aromatic N) is 1. The lowest BCUT2D eigenvalue weighted by molar-refractivity contribution is -0.140. The molecular weight excluding hydrogens is 460 g/mol. The minimum Gasteiger partial charge on any atom is -0.354 e. The maximum Gasteiger partial charge on any atom is 0.242 e. The maximum absolute atomic E-state index is 13.0. The molecule has 0 spiro atoms. The lowest BCUT2D eigenvalue weighted by atomic mass is 10.1. The third kappa shape index (κ3) is 8.52. The van der Waals surface area contributed by atoms with Crippen molar-refractivity contribution in [2.45, 2.75) is 45.5 Å². The highest BCUT2D eigenvalue weighted by Gasteiger charge is 2.25. The summed E-state index contributed by atoms with van der Waals surface area (Å²) in [6, 6.07) is 17.6. The molecule has 4 nitrogen and oxygen atoms in total. The Hall–Kier alpha value is -1.79. The van der Waals surface area contributed by atoms with Crippen LogP contribution in [-0.2, 0) is 21.9 Å². The number of thioether (sulfide) groups is 1. The van der Waals surface area contributed by atoms with Crippen LogP contribution in [0.3, 0.4) is 0 Å². The van der Waals surface area contributed by atoms with Crippen molar-refractivity contribution in [2.75, 3.05) is 12.3 Å². The van der Waals surface area contributed by atoms with Crippen LogP contribution in [0, 0.1) is 5.92 Å². The second kappa shape index (κ2) is 12.8. The van der Waals surface area contributed by atoms with Gasteiger partial charge in [-0.25, -0.2) is 0 Å². The summed E-state index contributed by atoms with van der Waals surface area (Å²) in [4.78, 5) is 27.4. The second-order valence-electron chi connectivity index (χ2n) is 7.75. The van der Waals surface area contributed by atoms with Gasteiger partial charge in [-0.05, 0) is 36.1 Å². The lowest BCUT2D eigenvalue weighted by Gasteiger charge is -2.29. The van der Waals surface area contributed by atoms with Gasteiger partial charge in [-0.3, -0.25) is 9.59 Å². The van der Waals surface area contributed by atoms with Crippen LogP contribution < -0.4 is 5.32 Å². The predicted octanol–water partition coefficient (Wildman–Crippen LogP) is 5.26. The Morgan fingerprint density at radius 1 is 1.03 bits per heavy atom. The summed E-state index contributed by atoms with van der Waals surface area (Å²) in [5.74, 6) is 1.87. The standard InChI is InChI=1S/C24H31BrN2O2S/c1-18(2)15-26-24(29)19(3)27(16-21-10-7-11-22(25)14-21)23(28)12-13-30-17-20-8-5-4-6-9-20/h4-11,14,18-19H,12-13,15-17H2,1-3H3,(H,26,29). The second-order valence-corrected chi connectivity index (χ2v) is 9.78. The van der Waals surface area contributed by atoms with E-state index in [0.717, 1.165) is 21.5 Å². The van der Waals surface area contributed by atoms with Crippen LogP contribution in [0.2, 0.25) is 0 Å². The van der Waals surface area contributed by atoms with Crippen molar-refractivity contribution in [2.24, 2.45) is 5.92 Å². The van der Waals surface area contributed by atoms with Crippen LogP contribution in [-0.4, -0.2) is 35.1 Å². The van der Waals surface area contributed by atoms with Gasteiger partial charge >= 0.3 is 0 Å². The van der Waals surface area contributed by atoms with E-state index in [1.807, 2.05) is 49.4 Å². The number of nitrogens with one attached hydrogen (secondary N) is 1. The first-order valence-corrected chi connectivity index (χ1v) is 12.2. The van der Waals surface area contributed by atoms with E-state index in [-0.39, 0.29) is 11.8 Å². The molecular formula is C24H31BrN2O2S. The van der Waals surface area contributed by atoms with E-state index in [2.05, 4.69) is 47.2 Å². The quantitative estimate of drug-likeness (QED) is 0.436. The zero-order chi connectivity index (χ0) is 21.9. The molecule has 0 aromatic heterocycles. The first-order chi connectivity index (χ1) is 14.4. The van der Waals surface area contributed by atoms with Gasteiger partial charge in [0.05, 0.1) is 0 Å². The summed E-state index contributed by atoms with van der Waals surface area (Å²) in [5.41, 5.74) is 2.25. The topological polar surface area (TPSA) is 49.4 Å². The van der Waals surface area contributed by atoms with Gasteiger partial charge in [-0.1, -0.05) is 72.2 Å². The fourth-order valence-corrected chi connectivity index (χ4v) is 4.27. The van der Waals surface area contributed by atoms with E-state index < -0.39 is 6.04 Å². The Bertz CT molecular complexity index is 814. The summed E-state index contributed by atoms with van der Waals surface area (Å²) >= 11 is 5.22. The molecule has 0 fully saturated rings. The highest BCUT2D eigenvalue weighted by molar-refractivity contribution is 9.10. The molecule has 0 saturated heterocycles. The molecule has 0 aliphatic heterocycles. The van der Waals surface area contributed by atoms with Crippen molar-refractivity contribution in [1.82, 2.24) is 10.2 Å². The molecule has 1 N–H and O–H groups in total. The Morgan fingerprint density at radius 2 is 1.73 bits per heavy atom. The molecule has 0 aliphatic carbocycles. The zero-order valence-electron chi connectivity index (χ0n) is 17.9. The minimum absolute atomic E-state index is 0.00253. The molecule has 1 unspecified atom stereocenters. The van der Waals surface area contributed by atoms with Gasteiger partial charge in [-0.15, -0.1) is 0 Å². The normalized spacial score (nSPS) is 11.9. The van der Waals surface area contributed by atoms with Gasteiger partial charge in [0.2, 0.25) is 11.8 Å². The number of carbonyl (C=O) groups excluding carboxylic acids is 2. The average molecular weight is 491 g/mol. The number of halogens is 1. The number of hydrogen-bond donors (Lipinski definition) is 1. The monoisotopic (exact) mass is 490 g/mol. The summed E-state index contributed by atoms with van der Waals surface area (Å²) in [6.07, 6.45) is 0.410. The van der Waals surface area contributed by atoms with Gasteiger partial charge in [-0.2, -0.15) is 11.8 Å². The molecule has 0 bridgehead atoms.